The fourth-order valence-electron chi connectivity index (χ4n) is 1.31. The molecule has 0 aliphatic carbocycles. The smallest absolute Gasteiger partial charge is 0.101 e. The van der Waals surface area contributed by atoms with Gasteiger partial charge in [-0.1, -0.05) is 0 Å². The van der Waals surface area contributed by atoms with Gasteiger partial charge in [-0.15, -0.1) is 11.3 Å². The molecule has 0 unspecified atom stereocenters. The number of nitrogens with zero attached hydrogens (tertiary/aromatic N) is 1. The Balaban J connectivity index is 2.63. The summed E-state index contributed by atoms with van der Waals surface area (Å²) in [4.78, 5) is 2.61. The molecule has 0 saturated carbocycles. The number of thiophene rings is 1. The van der Waals surface area contributed by atoms with E-state index in [2.05, 4.69) is 6.07 Å². The zero-order valence-electron chi connectivity index (χ0n) is 6.18. The van der Waals surface area contributed by atoms with Gasteiger partial charge in [-0.25, -0.2) is 0 Å². The summed E-state index contributed by atoms with van der Waals surface area (Å²) in [6.07, 6.45) is 0. The molecule has 0 fully saturated rings. The molecule has 1 aromatic rings. The standard InChI is InChI=1S/C8H7NS2/c1-5-6(2-9)7-3-10-4-8(7)11-5/h3-4H2,1H3. The molecule has 2 rings (SSSR count). The van der Waals surface area contributed by atoms with Gasteiger partial charge < -0.3 is 0 Å². The van der Waals surface area contributed by atoms with Gasteiger partial charge in [0, 0.05) is 21.3 Å². The Bertz CT molecular complexity index is 333. The lowest BCUT2D eigenvalue weighted by atomic mass is 10.1. The zero-order chi connectivity index (χ0) is 7.84. The number of hydrogen-bond acceptors (Lipinski definition) is 3. The number of nitriles is 1. The van der Waals surface area contributed by atoms with Crippen molar-refractivity contribution in [3.63, 3.8) is 0 Å². The van der Waals surface area contributed by atoms with Crippen LogP contribution >= 0.6 is 23.1 Å². The third-order valence-corrected chi connectivity index (χ3v) is 4.17. The first kappa shape index (κ1) is 7.20. The molecule has 0 spiro atoms. The van der Waals surface area contributed by atoms with Gasteiger partial charge in [-0.05, 0) is 12.5 Å². The first-order valence-corrected chi connectivity index (χ1v) is 5.39. The van der Waals surface area contributed by atoms with Gasteiger partial charge in [-0.3, -0.25) is 0 Å². The van der Waals surface area contributed by atoms with Crippen molar-refractivity contribution in [2.75, 3.05) is 0 Å². The van der Waals surface area contributed by atoms with Gasteiger partial charge >= 0.3 is 0 Å². The van der Waals surface area contributed by atoms with Crippen molar-refractivity contribution in [2.45, 2.75) is 18.4 Å². The number of fused-ring (bicyclic) bond motifs is 1. The molecule has 0 radical (unpaired) electrons. The first-order valence-electron chi connectivity index (χ1n) is 3.42. The van der Waals surface area contributed by atoms with E-state index in [4.69, 9.17) is 5.26 Å². The minimum Gasteiger partial charge on any atom is -0.192 e. The topological polar surface area (TPSA) is 23.8 Å². The van der Waals surface area contributed by atoms with Crippen LogP contribution in [-0.2, 0) is 11.5 Å². The normalized spacial score (nSPS) is 14.5. The van der Waals surface area contributed by atoms with Crippen LogP contribution in [0.5, 0.6) is 0 Å². The highest BCUT2D eigenvalue weighted by Crippen LogP contribution is 2.39. The molecule has 0 bridgehead atoms. The molecule has 56 valence electrons. The fourth-order valence-corrected chi connectivity index (χ4v) is 3.81. The lowest BCUT2D eigenvalue weighted by Gasteiger charge is -1.88. The molecule has 0 aromatic carbocycles. The van der Waals surface area contributed by atoms with Crippen LogP contribution in [0, 0.1) is 18.3 Å². The van der Waals surface area contributed by atoms with E-state index in [1.165, 1.54) is 15.3 Å². The van der Waals surface area contributed by atoms with E-state index in [0.29, 0.717) is 0 Å². The minimum absolute atomic E-state index is 0.940. The highest BCUT2D eigenvalue weighted by atomic mass is 32.2. The molecule has 1 nitrogen and oxygen atoms in total. The van der Waals surface area contributed by atoms with Crippen LogP contribution in [-0.4, -0.2) is 0 Å². The van der Waals surface area contributed by atoms with Gasteiger partial charge in [0.2, 0.25) is 0 Å². The maximum Gasteiger partial charge on any atom is 0.101 e. The molecule has 3 heteroatoms. The summed E-state index contributed by atoms with van der Waals surface area (Å²) in [5.41, 5.74) is 2.25. The highest BCUT2D eigenvalue weighted by molar-refractivity contribution is 7.98. The Labute approximate surface area is 74.0 Å². The van der Waals surface area contributed by atoms with Gasteiger partial charge in [0.15, 0.2) is 0 Å². The molecule has 0 saturated heterocycles. The quantitative estimate of drug-likeness (QED) is 0.614. The van der Waals surface area contributed by atoms with Crippen LogP contribution in [0.25, 0.3) is 0 Å². The summed E-state index contributed by atoms with van der Waals surface area (Å²) in [6.45, 7) is 2.03. The van der Waals surface area contributed by atoms with Gasteiger partial charge in [0.1, 0.15) is 6.07 Å². The van der Waals surface area contributed by atoms with Gasteiger partial charge in [-0.2, -0.15) is 17.0 Å². The molecular weight excluding hydrogens is 174 g/mol. The van der Waals surface area contributed by atoms with Crippen molar-refractivity contribution >= 4 is 23.1 Å². The lowest BCUT2D eigenvalue weighted by Crippen LogP contribution is -1.79. The summed E-state index contributed by atoms with van der Waals surface area (Å²) in [6, 6.07) is 2.27. The van der Waals surface area contributed by atoms with Crippen molar-refractivity contribution in [2.24, 2.45) is 0 Å². The largest absolute Gasteiger partial charge is 0.192 e. The summed E-state index contributed by atoms with van der Waals surface area (Å²) in [5, 5.41) is 8.82. The van der Waals surface area contributed by atoms with Crippen LogP contribution in [0.2, 0.25) is 0 Å². The van der Waals surface area contributed by atoms with E-state index < -0.39 is 0 Å². The predicted molar refractivity (Wildman–Crippen MR) is 48.8 cm³/mol. The maximum absolute atomic E-state index is 8.82. The molecular formula is C8H7NS2. The molecule has 11 heavy (non-hydrogen) atoms. The molecule has 2 heterocycles. The molecule has 1 aliphatic heterocycles. The second-order valence-electron chi connectivity index (χ2n) is 2.54. The summed E-state index contributed by atoms with van der Waals surface area (Å²) >= 11 is 3.69. The summed E-state index contributed by atoms with van der Waals surface area (Å²) in [7, 11) is 0. The average molecular weight is 181 g/mol. The number of thioether (sulfide) groups is 1. The monoisotopic (exact) mass is 181 g/mol. The second-order valence-corrected chi connectivity index (χ2v) is 4.83. The van der Waals surface area contributed by atoms with Crippen molar-refractivity contribution in [3.05, 3.63) is 20.9 Å². The van der Waals surface area contributed by atoms with Crippen molar-refractivity contribution in [3.8, 4) is 6.07 Å². The van der Waals surface area contributed by atoms with Crippen LogP contribution in [0.4, 0.5) is 0 Å². The van der Waals surface area contributed by atoms with E-state index in [0.717, 1.165) is 17.1 Å². The van der Waals surface area contributed by atoms with Gasteiger partial charge in [0.25, 0.3) is 0 Å². The summed E-state index contributed by atoms with van der Waals surface area (Å²) < 4.78 is 0. The Hall–Kier alpha value is -0.460. The van der Waals surface area contributed by atoms with E-state index in [9.17, 15) is 0 Å². The Morgan fingerprint density at radius 1 is 1.45 bits per heavy atom. The Kier molecular flexibility index (Phi) is 1.67. The summed E-state index contributed by atoms with van der Waals surface area (Å²) in [5.74, 6) is 2.16. The van der Waals surface area contributed by atoms with Crippen LogP contribution in [0.3, 0.4) is 0 Å². The van der Waals surface area contributed by atoms with Crippen LogP contribution < -0.4 is 0 Å². The van der Waals surface area contributed by atoms with E-state index in [1.54, 1.807) is 11.3 Å². The fraction of sp³-hybridized carbons (Fsp3) is 0.375. The van der Waals surface area contributed by atoms with Crippen LogP contribution in [0.1, 0.15) is 20.9 Å². The molecule has 1 aromatic heterocycles. The number of hydrogen-bond donors (Lipinski definition) is 0. The van der Waals surface area contributed by atoms with E-state index in [-0.39, 0.29) is 0 Å². The highest BCUT2D eigenvalue weighted by Gasteiger charge is 2.19. The lowest BCUT2D eigenvalue weighted by molar-refractivity contribution is 1.37. The molecule has 0 amide bonds. The van der Waals surface area contributed by atoms with Gasteiger partial charge in [0.05, 0.1) is 5.56 Å². The van der Waals surface area contributed by atoms with Crippen molar-refractivity contribution < 1.29 is 0 Å². The SMILES string of the molecule is Cc1sc2c(c1C#N)CSC2. The minimum atomic E-state index is 0.940. The molecule has 1 aliphatic rings. The number of aryl methyl sites for hydroxylation is 1. The van der Waals surface area contributed by atoms with Crippen molar-refractivity contribution in [1.29, 1.82) is 5.26 Å². The average Bonchev–Trinajstić information content (AvgIpc) is 2.46. The third-order valence-electron chi connectivity index (χ3n) is 1.86. The third kappa shape index (κ3) is 0.979. The Morgan fingerprint density at radius 3 is 3.00 bits per heavy atom. The Morgan fingerprint density at radius 2 is 2.27 bits per heavy atom. The van der Waals surface area contributed by atoms with E-state index >= 15 is 0 Å². The van der Waals surface area contributed by atoms with Crippen molar-refractivity contribution in [1.82, 2.24) is 0 Å². The molecule has 0 N–H and O–H groups in total. The zero-order valence-corrected chi connectivity index (χ0v) is 7.81. The molecule has 0 atom stereocenters. The first-order chi connectivity index (χ1) is 5.33. The second kappa shape index (κ2) is 2.54. The predicted octanol–water partition coefficient (Wildman–Crippen LogP) is 2.68. The van der Waals surface area contributed by atoms with Crippen LogP contribution in [0.15, 0.2) is 0 Å². The number of rotatable bonds is 0. The maximum atomic E-state index is 8.82. The van der Waals surface area contributed by atoms with E-state index in [1.807, 2.05) is 18.7 Å².